The van der Waals surface area contributed by atoms with Gasteiger partial charge in [-0.3, -0.25) is 9.59 Å². The Kier molecular flexibility index (Phi) is 9.19. The molecule has 2 amide bonds. The molecule has 6 nitrogen and oxygen atoms in total. The molecule has 0 heterocycles. The zero-order valence-electron chi connectivity index (χ0n) is 18.3. The zero-order chi connectivity index (χ0) is 21.9. The number of benzene rings is 2. The third-order valence-corrected chi connectivity index (χ3v) is 4.76. The van der Waals surface area contributed by atoms with Crippen molar-refractivity contribution in [2.24, 2.45) is 5.92 Å². The molecule has 0 saturated carbocycles. The van der Waals surface area contributed by atoms with Crippen LogP contribution in [-0.2, 0) is 16.0 Å². The van der Waals surface area contributed by atoms with Crippen LogP contribution in [0.2, 0.25) is 0 Å². The first-order valence-corrected chi connectivity index (χ1v) is 10.3. The molecule has 0 fully saturated rings. The number of methoxy groups -OCH3 is 1. The van der Waals surface area contributed by atoms with Gasteiger partial charge >= 0.3 is 0 Å². The number of hydrogen-bond donors (Lipinski definition) is 1. The molecule has 30 heavy (non-hydrogen) atoms. The third-order valence-electron chi connectivity index (χ3n) is 4.76. The summed E-state index contributed by atoms with van der Waals surface area (Å²) >= 11 is 0. The van der Waals surface area contributed by atoms with Gasteiger partial charge < -0.3 is 19.7 Å². The number of nitrogens with zero attached hydrogens (tertiary/aromatic N) is 1. The molecule has 2 aromatic carbocycles. The largest absolute Gasteiger partial charge is 0.493 e. The summed E-state index contributed by atoms with van der Waals surface area (Å²) in [5.41, 5.74) is 1.11. The van der Waals surface area contributed by atoms with Crippen LogP contribution in [0.4, 0.5) is 0 Å². The van der Waals surface area contributed by atoms with E-state index in [4.69, 9.17) is 9.47 Å². The predicted octanol–water partition coefficient (Wildman–Crippen LogP) is 3.31. The van der Waals surface area contributed by atoms with Crippen LogP contribution in [0.3, 0.4) is 0 Å². The lowest BCUT2D eigenvalue weighted by Crippen LogP contribution is -2.50. The van der Waals surface area contributed by atoms with E-state index in [2.05, 4.69) is 5.32 Å². The molecule has 162 valence electrons. The molecule has 2 rings (SSSR count). The van der Waals surface area contributed by atoms with Gasteiger partial charge in [0.05, 0.1) is 7.11 Å². The second-order valence-electron chi connectivity index (χ2n) is 7.58. The molecule has 1 N–H and O–H groups in total. The number of nitrogens with one attached hydrogen (secondary N) is 1. The maximum absolute atomic E-state index is 13.0. The van der Waals surface area contributed by atoms with Crippen molar-refractivity contribution >= 4 is 11.8 Å². The smallest absolute Gasteiger partial charge is 0.261 e. The van der Waals surface area contributed by atoms with E-state index in [1.54, 1.807) is 31.1 Å². The molecular weight excluding hydrogens is 380 g/mol. The molecular formula is C24H32N2O4. The maximum Gasteiger partial charge on any atom is 0.261 e. The molecule has 0 bridgehead atoms. The summed E-state index contributed by atoms with van der Waals surface area (Å²) in [6, 6.07) is 16.5. The van der Waals surface area contributed by atoms with Gasteiger partial charge in [0.2, 0.25) is 5.91 Å². The maximum atomic E-state index is 13.0. The van der Waals surface area contributed by atoms with Crippen LogP contribution >= 0.6 is 0 Å². The molecule has 0 radical (unpaired) electrons. The summed E-state index contributed by atoms with van der Waals surface area (Å²) in [6.45, 7) is 6.64. The van der Waals surface area contributed by atoms with Gasteiger partial charge in [-0.05, 0) is 37.0 Å². The lowest BCUT2D eigenvalue weighted by atomic mass is 10.1. The first-order chi connectivity index (χ1) is 14.4. The summed E-state index contributed by atoms with van der Waals surface area (Å²) in [5.74, 6) is 0.979. The van der Waals surface area contributed by atoms with Crippen molar-refractivity contribution in [2.75, 3.05) is 26.8 Å². The number of ether oxygens (including phenoxy) is 2. The number of carbonyl (C=O) groups is 2. The summed E-state index contributed by atoms with van der Waals surface area (Å²) < 4.78 is 11.0. The highest BCUT2D eigenvalue weighted by molar-refractivity contribution is 5.88. The van der Waals surface area contributed by atoms with Gasteiger partial charge in [0.1, 0.15) is 6.04 Å². The van der Waals surface area contributed by atoms with Gasteiger partial charge in [0.15, 0.2) is 18.1 Å². The Morgan fingerprint density at radius 3 is 2.23 bits per heavy atom. The van der Waals surface area contributed by atoms with Crippen LogP contribution in [0.5, 0.6) is 11.5 Å². The van der Waals surface area contributed by atoms with Gasteiger partial charge in [-0.25, -0.2) is 0 Å². The molecule has 1 unspecified atom stereocenters. The fourth-order valence-corrected chi connectivity index (χ4v) is 2.98. The normalized spacial score (nSPS) is 11.6. The molecule has 6 heteroatoms. The van der Waals surface area contributed by atoms with Crippen molar-refractivity contribution in [2.45, 2.75) is 33.2 Å². The molecule has 2 aromatic rings. The van der Waals surface area contributed by atoms with Crippen molar-refractivity contribution in [3.05, 3.63) is 60.2 Å². The van der Waals surface area contributed by atoms with E-state index in [0.717, 1.165) is 5.56 Å². The Hall–Kier alpha value is -3.02. The SMILES string of the molecule is COc1ccccc1OCC(=O)N(CCc1ccccc1)C(C)C(=O)NCC(C)C. The summed E-state index contributed by atoms with van der Waals surface area (Å²) in [4.78, 5) is 27.2. The van der Waals surface area contributed by atoms with Crippen LogP contribution in [0.15, 0.2) is 54.6 Å². The first-order valence-electron chi connectivity index (χ1n) is 10.3. The third kappa shape index (κ3) is 7.10. The van der Waals surface area contributed by atoms with Gasteiger partial charge in [-0.2, -0.15) is 0 Å². The van der Waals surface area contributed by atoms with E-state index >= 15 is 0 Å². The predicted molar refractivity (Wildman–Crippen MR) is 118 cm³/mol. The molecule has 0 aliphatic heterocycles. The van der Waals surface area contributed by atoms with Crippen LogP contribution < -0.4 is 14.8 Å². The second-order valence-corrected chi connectivity index (χ2v) is 7.58. The monoisotopic (exact) mass is 412 g/mol. The quantitative estimate of drug-likeness (QED) is 0.615. The van der Waals surface area contributed by atoms with Crippen LogP contribution in [0, 0.1) is 5.92 Å². The Morgan fingerprint density at radius 2 is 1.60 bits per heavy atom. The first kappa shape index (κ1) is 23.3. The minimum Gasteiger partial charge on any atom is -0.493 e. The van der Waals surface area contributed by atoms with E-state index in [-0.39, 0.29) is 18.4 Å². The van der Waals surface area contributed by atoms with Gasteiger partial charge in [-0.1, -0.05) is 56.3 Å². The molecule has 0 spiro atoms. The number of rotatable bonds is 11. The average molecular weight is 413 g/mol. The Morgan fingerprint density at radius 1 is 0.967 bits per heavy atom. The van der Waals surface area contributed by atoms with E-state index in [1.165, 1.54) is 0 Å². The minimum absolute atomic E-state index is 0.164. The Balaban J connectivity index is 2.08. The molecule has 1 atom stereocenters. The van der Waals surface area contributed by atoms with Crippen molar-refractivity contribution in [1.82, 2.24) is 10.2 Å². The summed E-state index contributed by atoms with van der Waals surface area (Å²) in [5, 5.41) is 2.91. The second kappa shape index (κ2) is 11.9. The van der Waals surface area contributed by atoms with E-state index in [9.17, 15) is 9.59 Å². The number of para-hydroxylation sites is 2. The average Bonchev–Trinajstić information content (AvgIpc) is 2.76. The van der Waals surface area contributed by atoms with E-state index in [1.807, 2.05) is 56.3 Å². The lowest BCUT2D eigenvalue weighted by molar-refractivity contribution is -0.141. The van der Waals surface area contributed by atoms with Crippen molar-refractivity contribution in [1.29, 1.82) is 0 Å². The Labute approximate surface area is 179 Å². The molecule has 0 aliphatic rings. The van der Waals surface area contributed by atoms with Crippen LogP contribution in [-0.4, -0.2) is 49.6 Å². The molecule has 0 aliphatic carbocycles. The zero-order valence-corrected chi connectivity index (χ0v) is 18.3. The number of carbonyl (C=O) groups excluding carboxylic acids is 2. The van der Waals surface area contributed by atoms with Crippen LogP contribution in [0.25, 0.3) is 0 Å². The Bertz CT molecular complexity index is 808. The van der Waals surface area contributed by atoms with Crippen molar-refractivity contribution in [3.63, 3.8) is 0 Å². The number of hydrogen-bond acceptors (Lipinski definition) is 4. The van der Waals surface area contributed by atoms with Gasteiger partial charge in [-0.15, -0.1) is 0 Å². The minimum atomic E-state index is -0.596. The highest BCUT2D eigenvalue weighted by Gasteiger charge is 2.26. The van der Waals surface area contributed by atoms with E-state index < -0.39 is 6.04 Å². The van der Waals surface area contributed by atoms with Crippen molar-refractivity contribution in [3.8, 4) is 11.5 Å². The number of amides is 2. The van der Waals surface area contributed by atoms with Gasteiger partial charge in [0.25, 0.3) is 5.91 Å². The van der Waals surface area contributed by atoms with Crippen LogP contribution in [0.1, 0.15) is 26.3 Å². The fraction of sp³-hybridized carbons (Fsp3) is 0.417. The topological polar surface area (TPSA) is 67.9 Å². The highest BCUT2D eigenvalue weighted by atomic mass is 16.5. The molecule has 0 saturated heterocycles. The van der Waals surface area contributed by atoms with Gasteiger partial charge in [0, 0.05) is 13.1 Å². The van der Waals surface area contributed by atoms with Crippen molar-refractivity contribution < 1.29 is 19.1 Å². The molecule has 0 aromatic heterocycles. The van der Waals surface area contributed by atoms with E-state index in [0.29, 0.717) is 36.9 Å². The summed E-state index contributed by atoms with van der Waals surface area (Å²) in [6.07, 6.45) is 0.656. The lowest BCUT2D eigenvalue weighted by Gasteiger charge is -2.29. The fourth-order valence-electron chi connectivity index (χ4n) is 2.98. The highest BCUT2D eigenvalue weighted by Crippen LogP contribution is 2.25. The summed E-state index contributed by atoms with van der Waals surface area (Å²) in [7, 11) is 1.55. The standard InChI is InChI=1S/C24H32N2O4/c1-18(2)16-25-24(28)19(3)26(15-14-20-10-6-5-7-11-20)23(27)17-30-22-13-9-8-12-21(22)29-4/h5-13,18-19H,14-17H2,1-4H3,(H,25,28).